The molecule has 0 aliphatic heterocycles. The zero-order valence-corrected chi connectivity index (χ0v) is 7.96. The normalized spacial score (nSPS) is 9.27. The van der Waals surface area contributed by atoms with Crippen LogP contribution in [-0.4, -0.2) is 25.0 Å². The third-order valence-electron chi connectivity index (χ3n) is 1.58. The van der Waals surface area contributed by atoms with E-state index < -0.39 is 12.5 Å². The van der Waals surface area contributed by atoms with Crippen molar-refractivity contribution in [1.82, 2.24) is 0 Å². The number of aliphatic hydroxyl groups is 1. The number of halogens is 2. The molecule has 0 aromatic heterocycles. The average Bonchev–Trinajstić information content (AvgIpc) is 2.25. The molecule has 1 rings (SSSR count). The highest BCUT2D eigenvalue weighted by molar-refractivity contribution is 5.46. The zero-order chi connectivity index (χ0) is 11.1. The van der Waals surface area contributed by atoms with Crippen LogP contribution < -0.4 is 4.74 Å². The van der Waals surface area contributed by atoms with E-state index in [0.29, 0.717) is 5.56 Å². The topological polar surface area (TPSA) is 29.5 Å². The molecule has 80 valence electrons. The molecule has 0 saturated heterocycles. The van der Waals surface area contributed by atoms with Crippen molar-refractivity contribution in [3.05, 3.63) is 29.6 Å². The maximum atomic E-state index is 12.8. The van der Waals surface area contributed by atoms with Gasteiger partial charge in [0.15, 0.2) is 0 Å². The fourth-order valence-electron chi connectivity index (χ4n) is 1.00. The third kappa shape index (κ3) is 3.56. The summed E-state index contributed by atoms with van der Waals surface area (Å²) in [6.45, 7) is -1.08. The summed E-state index contributed by atoms with van der Waals surface area (Å²) < 4.78 is 29.7. The molecule has 0 atom stereocenters. The van der Waals surface area contributed by atoms with Gasteiger partial charge in [-0.15, -0.1) is 0 Å². The summed E-state index contributed by atoms with van der Waals surface area (Å²) in [5.74, 6) is 4.71. The van der Waals surface area contributed by atoms with Crippen LogP contribution in [0.3, 0.4) is 0 Å². The van der Waals surface area contributed by atoms with Crippen LogP contribution in [0.4, 0.5) is 8.78 Å². The average molecular weight is 212 g/mol. The van der Waals surface area contributed by atoms with Crippen molar-refractivity contribution in [3.8, 4) is 17.6 Å². The highest BCUT2D eigenvalue weighted by atomic mass is 19.1. The maximum Gasteiger partial charge on any atom is 0.137 e. The van der Waals surface area contributed by atoms with E-state index in [0.717, 1.165) is 6.07 Å². The van der Waals surface area contributed by atoms with Crippen molar-refractivity contribution < 1.29 is 18.6 Å². The lowest BCUT2D eigenvalue weighted by Crippen LogP contribution is -2.00. The first kappa shape index (κ1) is 11.5. The van der Waals surface area contributed by atoms with E-state index in [4.69, 9.17) is 9.84 Å². The molecule has 0 spiro atoms. The summed E-state index contributed by atoms with van der Waals surface area (Å²) >= 11 is 0. The summed E-state index contributed by atoms with van der Waals surface area (Å²) in [6.07, 6.45) is 0. The molecule has 0 saturated carbocycles. The fraction of sp³-hybridized carbons (Fsp3) is 0.273. The van der Waals surface area contributed by atoms with Crippen molar-refractivity contribution in [3.63, 3.8) is 0 Å². The van der Waals surface area contributed by atoms with Gasteiger partial charge in [0.1, 0.15) is 31.5 Å². The molecular formula is C11H10F2O2. The molecule has 1 aromatic carbocycles. The van der Waals surface area contributed by atoms with Crippen LogP contribution in [0.1, 0.15) is 5.56 Å². The molecule has 0 fully saturated rings. The Labute approximate surface area is 86.5 Å². The van der Waals surface area contributed by atoms with Crippen molar-refractivity contribution in [2.45, 2.75) is 0 Å². The molecule has 15 heavy (non-hydrogen) atoms. The number of hydrogen-bond donors (Lipinski definition) is 1. The molecule has 0 heterocycles. The van der Waals surface area contributed by atoms with Crippen molar-refractivity contribution >= 4 is 0 Å². The Morgan fingerprint density at radius 3 is 2.87 bits per heavy atom. The van der Waals surface area contributed by atoms with E-state index in [9.17, 15) is 8.78 Å². The number of ether oxygens (including phenoxy) is 1. The highest BCUT2D eigenvalue weighted by Gasteiger charge is 2.03. The van der Waals surface area contributed by atoms with Gasteiger partial charge in [0.05, 0.1) is 5.56 Å². The minimum absolute atomic E-state index is 0.142. The summed E-state index contributed by atoms with van der Waals surface area (Å²) in [6, 6.07) is 3.78. The monoisotopic (exact) mass is 212 g/mol. The lowest BCUT2D eigenvalue weighted by Gasteiger charge is -2.05. The van der Waals surface area contributed by atoms with Gasteiger partial charge in [0, 0.05) is 6.07 Å². The highest BCUT2D eigenvalue weighted by Crippen LogP contribution is 2.18. The predicted octanol–water partition coefficient (Wildman–Crippen LogP) is 1.52. The van der Waals surface area contributed by atoms with E-state index in [1.807, 2.05) is 0 Å². The SMILES string of the molecule is OCC#Cc1ccc(F)cc1OCCF. The molecule has 0 unspecified atom stereocenters. The molecule has 0 radical (unpaired) electrons. The van der Waals surface area contributed by atoms with Gasteiger partial charge in [-0.25, -0.2) is 8.78 Å². The third-order valence-corrected chi connectivity index (χ3v) is 1.58. The number of benzene rings is 1. The summed E-state index contributed by atoms with van der Waals surface area (Å²) in [4.78, 5) is 0. The van der Waals surface area contributed by atoms with Gasteiger partial charge >= 0.3 is 0 Å². The van der Waals surface area contributed by atoms with Crippen LogP contribution in [0.2, 0.25) is 0 Å². The molecule has 0 aliphatic rings. The lowest BCUT2D eigenvalue weighted by atomic mass is 10.2. The summed E-state index contributed by atoms with van der Waals surface area (Å²) in [5.41, 5.74) is 0.430. The Balaban J connectivity index is 2.92. The summed E-state index contributed by atoms with van der Waals surface area (Å²) in [7, 11) is 0. The molecule has 0 amide bonds. The predicted molar refractivity (Wildman–Crippen MR) is 51.8 cm³/mol. The van der Waals surface area contributed by atoms with Gasteiger partial charge in [-0.3, -0.25) is 0 Å². The number of rotatable bonds is 3. The first-order valence-corrected chi connectivity index (χ1v) is 4.36. The smallest absolute Gasteiger partial charge is 0.137 e. The van der Waals surface area contributed by atoms with Crippen LogP contribution in [0.15, 0.2) is 18.2 Å². The molecular weight excluding hydrogens is 202 g/mol. The summed E-state index contributed by atoms with van der Waals surface area (Å²) in [5, 5.41) is 8.50. The van der Waals surface area contributed by atoms with E-state index >= 15 is 0 Å². The fourth-order valence-corrected chi connectivity index (χ4v) is 1.00. The quantitative estimate of drug-likeness (QED) is 0.770. The minimum Gasteiger partial charge on any atom is -0.489 e. The first-order chi connectivity index (χ1) is 7.27. The van der Waals surface area contributed by atoms with Crippen LogP contribution in [0.25, 0.3) is 0 Å². The Hall–Kier alpha value is -1.60. The number of aliphatic hydroxyl groups excluding tert-OH is 1. The molecule has 1 N–H and O–H groups in total. The van der Waals surface area contributed by atoms with E-state index in [-0.39, 0.29) is 19.0 Å². The Kier molecular flexibility index (Phi) is 4.58. The van der Waals surface area contributed by atoms with Crippen LogP contribution in [-0.2, 0) is 0 Å². The first-order valence-electron chi connectivity index (χ1n) is 4.36. The number of alkyl halides is 1. The Morgan fingerprint density at radius 2 is 2.20 bits per heavy atom. The van der Waals surface area contributed by atoms with Crippen LogP contribution >= 0.6 is 0 Å². The standard InChI is InChI=1S/C11H10F2O2/c12-5-7-15-11-8-10(13)4-3-9(11)2-1-6-14/h3-4,8,14H,5-7H2. The number of hydrogen-bond acceptors (Lipinski definition) is 2. The molecule has 4 heteroatoms. The van der Waals surface area contributed by atoms with Crippen molar-refractivity contribution in [1.29, 1.82) is 0 Å². The van der Waals surface area contributed by atoms with Gasteiger partial charge < -0.3 is 9.84 Å². The Bertz CT molecular complexity index is 380. The second-order valence-electron chi connectivity index (χ2n) is 2.64. The van der Waals surface area contributed by atoms with E-state index in [1.165, 1.54) is 12.1 Å². The second kappa shape index (κ2) is 5.99. The molecule has 0 aliphatic carbocycles. The van der Waals surface area contributed by atoms with Gasteiger partial charge in [-0.2, -0.15) is 0 Å². The second-order valence-corrected chi connectivity index (χ2v) is 2.64. The van der Waals surface area contributed by atoms with Crippen molar-refractivity contribution in [2.75, 3.05) is 19.9 Å². The van der Waals surface area contributed by atoms with Crippen molar-refractivity contribution in [2.24, 2.45) is 0 Å². The van der Waals surface area contributed by atoms with Gasteiger partial charge in [0.2, 0.25) is 0 Å². The van der Waals surface area contributed by atoms with Gasteiger partial charge in [-0.1, -0.05) is 11.8 Å². The van der Waals surface area contributed by atoms with Gasteiger partial charge in [0.25, 0.3) is 0 Å². The van der Waals surface area contributed by atoms with E-state index in [2.05, 4.69) is 11.8 Å². The largest absolute Gasteiger partial charge is 0.489 e. The minimum atomic E-state index is -0.649. The lowest BCUT2D eigenvalue weighted by molar-refractivity contribution is 0.271. The van der Waals surface area contributed by atoms with Gasteiger partial charge in [-0.05, 0) is 12.1 Å². The maximum absolute atomic E-state index is 12.8. The zero-order valence-electron chi connectivity index (χ0n) is 7.96. The van der Waals surface area contributed by atoms with Crippen LogP contribution in [0, 0.1) is 17.7 Å². The molecule has 2 nitrogen and oxygen atoms in total. The molecule has 1 aromatic rings. The van der Waals surface area contributed by atoms with Crippen LogP contribution in [0.5, 0.6) is 5.75 Å². The Morgan fingerprint density at radius 1 is 1.40 bits per heavy atom. The molecule has 0 bridgehead atoms. The van der Waals surface area contributed by atoms with E-state index in [1.54, 1.807) is 0 Å².